The van der Waals surface area contributed by atoms with E-state index in [0.717, 1.165) is 5.56 Å². The number of nitrogens with one attached hydrogen (secondary N) is 2. The molecule has 5 N–H and O–H groups in total. The predicted octanol–water partition coefficient (Wildman–Crippen LogP) is 0.278. The van der Waals surface area contributed by atoms with Crippen molar-refractivity contribution in [2.75, 3.05) is 6.54 Å². The summed E-state index contributed by atoms with van der Waals surface area (Å²) in [6.07, 6.45) is 1.34. The van der Waals surface area contributed by atoms with Crippen molar-refractivity contribution in [3.63, 3.8) is 0 Å². The van der Waals surface area contributed by atoms with Crippen molar-refractivity contribution in [2.24, 2.45) is 11.7 Å². The van der Waals surface area contributed by atoms with Crippen molar-refractivity contribution in [3.8, 4) is 0 Å². The molecule has 9 nitrogen and oxygen atoms in total. The van der Waals surface area contributed by atoms with E-state index >= 15 is 0 Å². The lowest BCUT2D eigenvalue weighted by atomic mass is 10.0. The standard InChI is InChI=1S/C22H32N4O5/c1-13(2)18(22(30)31)25-19(27)16(12-15-8-5-4-6-9-15)24-20(28)17-10-7-11-26(17)21(29)14(3)23/h4-6,8-9,13-14,16-18H,7,10-12,23H2,1-3H3,(H,24,28)(H,25,27)(H,30,31)/t14-,16-,17-,18+/m0/s1. The second-order valence-electron chi connectivity index (χ2n) is 8.30. The third kappa shape index (κ3) is 6.52. The maximum Gasteiger partial charge on any atom is 0.326 e. The Morgan fingerprint density at radius 3 is 2.32 bits per heavy atom. The van der Waals surface area contributed by atoms with Crippen LogP contribution in [-0.2, 0) is 25.6 Å². The topological polar surface area (TPSA) is 142 Å². The van der Waals surface area contributed by atoms with Crippen LogP contribution >= 0.6 is 0 Å². The van der Waals surface area contributed by atoms with Crippen molar-refractivity contribution in [2.45, 2.75) is 64.2 Å². The molecule has 2 rings (SSSR count). The third-order valence-corrected chi connectivity index (χ3v) is 5.37. The molecular formula is C22H32N4O5. The van der Waals surface area contributed by atoms with E-state index in [4.69, 9.17) is 5.73 Å². The zero-order valence-electron chi connectivity index (χ0n) is 18.2. The molecule has 0 aliphatic carbocycles. The third-order valence-electron chi connectivity index (χ3n) is 5.37. The molecule has 0 aromatic heterocycles. The normalized spacial score (nSPS) is 18.9. The van der Waals surface area contributed by atoms with Crippen LogP contribution in [0.25, 0.3) is 0 Å². The monoisotopic (exact) mass is 432 g/mol. The summed E-state index contributed by atoms with van der Waals surface area (Å²) in [5.74, 6) is -2.81. The molecule has 1 aromatic rings. The van der Waals surface area contributed by atoms with Gasteiger partial charge < -0.3 is 26.4 Å². The molecule has 1 aliphatic heterocycles. The molecule has 4 atom stereocenters. The number of benzene rings is 1. The first-order chi connectivity index (χ1) is 14.6. The fraction of sp³-hybridized carbons (Fsp3) is 0.545. The van der Waals surface area contributed by atoms with Crippen LogP contribution in [0.2, 0.25) is 0 Å². The Hall–Kier alpha value is -2.94. The molecule has 0 bridgehead atoms. The quantitative estimate of drug-likeness (QED) is 0.441. The van der Waals surface area contributed by atoms with E-state index in [1.807, 2.05) is 30.3 Å². The van der Waals surface area contributed by atoms with Gasteiger partial charge in [-0.1, -0.05) is 44.2 Å². The summed E-state index contributed by atoms with van der Waals surface area (Å²) in [5, 5.41) is 14.7. The number of likely N-dealkylation sites (tertiary alicyclic amines) is 1. The van der Waals surface area contributed by atoms with Crippen LogP contribution in [0.1, 0.15) is 39.2 Å². The maximum absolute atomic E-state index is 13.0. The van der Waals surface area contributed by atoms with Crippen molar-refractivity contribution in [1.82, 2.24) is 15.5 Å². The summed E-state index contributed by atoms with van der Waals surface area (Å²) in [5.41, 5.74) is 6.51. The summed E-state index contributed by atoms with van der Waals surface area (Å²) < 4.78 is 0. The van der Waals surface area contributed by atoms with E-state index in [-0.39, 0.29) is 18.2 Å². The highest BCUT2D eigenvalue weighted by Crippen LogP contribution is 2.19. The minimum atomic E-state index is -1.14. The Morgan fingerprint density at radius 2 is 1.77 bits per heavy atom. The average molecular weight is 433 g/mol. The van der Waals surface area contributed by atoms with Crippen molar-refractivity contribution in [1.29, 1.82) is 0 Å². The van der Waals surface area contributed by atoms with E-state index in [1.54, 1.807) is 20.8 Å². The molecular weight excluding hydrogens is 400 g/mol. The number of hydrogen-bond acceptors (Lipinski definition) is 5. The number of nitrogens with zero attached hydrogens (tertiary/aromatic N) is 1. The molecule has 0 unspecified atom stereocenters. The minimum absolute atomic E-state index is 0.191. The van der Waals surface area contributed by atoms with Crippen LogP contribution < -0.4 is 16.4 Å². The number of hydrogen-bond donors (Lipinski definition) is 4. The number of carboxylic acid groups (broad SMARTS) is 1. The lowest BCUT2D eigenvalue weighted by Gasteiger charge is -2.28. The zero-order valence-corrected chi connectivity index (χ0v) is 18.2. The van der Waals surface area contributed by atoms with Gasteiger partial charge in [-0.3, -0.25) is 14.4 Å². The van der Waals surface area contributed by atoms with Gasteiger partial charge in [-0.15, -0.1) is 0 Å². The second kappa shape index (κ2) is 10.9. The van der Waals surface area contributed by atoms with Crippen molar-refractivity contribution in [3.05, 3.63) is 35.9 Å². The Labute approximate surface area is 182 Å². The highest BCUT2D eigenvalue weighted by molar-refractivity contribution is 5.94. The molecule has 0 radical (unpaired) electrons. The Morgan fingerprint density at radius 1 is 1.13 bits per heavy atom. The number of carbonyl (C=O) groups excluding carboxylic acids is 3. The van der Waals surface area contributed by atoms with Crippen LogP contribution in [0.5, 0.6) is 0 Å². The van der Waals surface area contributed by atoms with Gasteiger partial charge in [-0.25, -0.2) is 4.79 Å². The Bertz CT molecular complexity index is 796. The van der Waals surface area contributed by atoms with Gasteiger partial charge in [0.1, 0.15) is 18.1 Å². The second-order valence-corrected chi connectivity index (χ2v) is 8.30. The van der Waals surface area contributed by atoms with Crippen molar-refractivity contribution < 1.29 is 24.3 Å². The fourth-order valence-electron chi connectivity index (χ4n) is 3.66. The molecule has 31 heavy (non-hydrogen) atoms. The van der Waals surface area contributed by atoms with Gasteiger partial charge in [0.05, 0.1) is 6.04 Å². The van der Waals surface area contributed by atoms with Gasteiger partial charge in [-0.2, -0.15) is 0 Å². The molecule has 1 aromatic carbocycles. The highest BCUT2D eigenvalue weighted by Gasteiger charge is 2.37. The van der Waals surface area contributed by atoms with Gasteiger partial charge in [0.2, 0.25) is 17.7 Å². The van der Waals surface area contributed by atoms with E-state index in [9.17, 15) is 24.3 Å². The van der Waals surface area contributed by atoms with Gasteiger partial charge in [0.15, 0.2) is 0 Å². The van der Waals surface area contributed by atoms with Crippen LogP contribution in [0.4, 0.5) is 0 Å². The molecule has 1 fully saturated rings. The summed E-state index contributed by atoms with van der Waals surface area (Å²) in [4.78, 5) is 51.3. The lowest BCUT2D eigenvalue weighted by Crippen LogP contribution is -2.57. The molecule has 9 heteroatoms. The summed E-state index contributed by atoms with van der Waals surface area (Å²) in [6.45, 7) is 5.39. The number of rotatable bonds is 9. The van der Waals surface area contributed by atoms with E-state index in [2.05, 4.69) is 10.6 Å². The molecule has 170 valence electrons. The van der Waals surface area contributed by atoms with Crippen molar-refractivity contribution >= 4 is 23.7 Å². The first-order valence-electron chi connectivity index (χ1n) is 10.5. The SMILES string of the molecule is CC(C)[C@@H](NC(=O)[C@H](Cc1ccccc1)NC(=O)[C@@H]1CCCN1C(=O)[C@H](C)N)C(=O)O. The summed E-state index contributed by atoms with van der Waals surface area (Å²) in [6, 6.07) is 5.64. The predicted molar refractivity (Wildman–Crippen MR) is 115 cm³/mol. The molecule has 1 saturated heterocycles. The molecule has 0 spiro atoms. The first-order valence-corrected chi connectivity index (χ1v) is 10.5. The largest absolute Gasteiger partial charge is 0.480 e. The van der Waals surface area contributed by atoms with Gasteiger partial charge in [0, 0.05) is 13.0 Å². The first kappa shape index (κ1) is 24.3. The fourth-order valence-corrected chi connectivity index (χ4v) is 3.66. The van der Waals surface area contributed by atoms with E-state index in [0.29, 0.717) is 19.4 Å². The molecule has 1 heterocycles. The number of nitrogens with two attached hydrogens (primary N) is 1. The zero-order chi connectivity index (χ0) is 23.1. The minimum Gasteiger partial charge on any atom is -0.480 e. The van der Waals surface area contributed by atoms with Gasteiger partial charge in [-0.05, 0) is 31.2 Å². The van der Waals surface area contributed by atoms with E-state index < -0.39 is 42.0 Å². The van der Waals surface area contributed by atoms with Gasteiger partial charge in [0.25, 0.3) is 0 Å². The molecule has 3 amide bonds. The van der Waals surface area contributed by atoms with Crippen LogP contribution in [0, 0.1) is 5.92 Å². The van der Waals surface area contributed by atoms with Crippen LogP contribution in [0.3, 0.4) is 0 Å². The molecule has 0 saturated carbocycles. The summed E-state index contributed by atoms with van der Waals surface area (Å²) >= 11 is 0. The van der Waals surface area contributed by atoms with E-state index in [1.165, 1.54) is 4.90 Å². The average Bonchev–Trinajstić information content (AvgIpc) is 3.20. The number of carboxylic acids is 1. The van der Waals surface area contributed by atoms with Crippen LogP contribution in [0.15, 0.2) is 30.3 Å². The Kier molecular flexibility index (Phi) is 8.56. The highest BCUT2D eigenvalue weighted by atomic mass is 16.4. The van der Waals surface area contributed by atoms with Gasteiger partial charge >= 0.3 is 5.97 Å². The smallest absolute Gasteiger partial charge is 0.326 e. The maximum atomic E-state index is 13.0. The Balaban J connectivity index is 2.19. The number of amides is 3. The van der Waals surface area contributed by atoms with Crippen LogP contribution in [-0.4, -0.2) is 64.4 Å². The molecule has 1 aliphatic rings. The number of carbonyl (C=O) groups is 4. The lowest BCUT2D eigenvalue weighted by molar-refractivity contribution is -0.144. The summed E-state index contributed by atoms with van der Waals surface area (Å²) in [7, 11) is 0. The number of aliphatic carboxylic acids is 1.